The van der Waals surface area contributed by atoms with Gasteiger partial charge in [0.2, 0.25) is 5.91 Å². The highest BCUT2D eigenvalue weighted by molar-refractivity contribution is 9.10. The first-order valence-corrected chi connectivity index (χ1v) is 9.20. The Morgan fingerprint density at radius 1 is 1.27 bits per heavy atom. The molecule has 138 valence electrons. The van der Waals surface area contributed by atoms with Gasteiger partial charge in [-0.3, -0.25) is 4.79 Å². The number of hydrogen-bond donors (Lipinski definition) is 0. The summed E-state index contributed by atoms with van der Waals surface area (Å²) in [6, 6.07) is 12.3. The van der Waals surface area contributed by atoms with Crippen LogP contribution in [0.5, 0.6) is 5.75 Å². The van der Waals surface area contributed by atoms with E-state index in [0.717, 1.165) is 15.8 Å². The molecule has 0 N–H and O–H groups in total. The minimum atomic E-state index is -0.901. The number of amides is 1. The summed E-state index contributed by atoms with van der Waals surface area (Å²) in [5.41, 5.74) is 0.486. The predicted molar refractivity (Wildman–Crippen MR) is 100 cm³/mol. The molecule has 0 aromatic heterocycles. The van der Waals surface area contributed by atoms with Gasteiger partial charge in [-0.2, -0.15) is 0 Å². The Morgan fingerprint density at radius 2 is 2.00 bits per heavy atom. The third kappa shape index (κ3) is 3.76. The summed E-state index contributed by atoms with van der Waals surface area (Å²) in [5, 5.41) is 0. The minimum absolute atomic E-state index is 0.0554. The van der Waals surface area contributed by atoms with Crippen LogP contribution >= 0.6 is 15.9 Å². The molecular weight excluding hydrogens is 401 g/mol. The normalized spacial score (nSPS) is 20.8. The number of hydrogen-bond acceptors (Lipinski definition) is 3. The van der Waals surface area contributed by atoms with Crippen molar-refractivity contribution in [2.24, 2.45) is 0 Å². The molecule has 1 heterocycles. The van der Waals surface area contributed by atoms with Gasteiger partial charge in [0, 0.05) is 16.6 Å². The zero-order valence-corrected chi connectivity index (χ0v) is 16.4. The minimum Gasteiger partial charge on any atom is -0.497 e. The van der Waals surface area contributed by atoms with Gasteiger partial charge in [-0.05, 0) is 42.8 Å². The topological polar surface area (TPSA) is 38.8 Å². The van der Waals surface area contributed by atoms with Gasteiger partial charge in [-0.25, -0.2) is 4.39 Å². The molecule has 0 radical (unpaired) electrons. The lowest BCUT2D eigenvalue weighted by Gasteiger charge is -2.40. The molecule has 0 spiro atoms. The fourth-order valence-corrected chi connectivity index (χ4v) is 3.59. The van der Waals surface area contributed by atoms with Gasteiger partial charge < -0.3 is 14.4 Å². The number of rotatable bonds is 4. The number of carbonyl (C=O) groups is 1. The average molecular weight is 422 g/mol. The second-order valence-corrected chi connectivity index (χ2v) is 7.44. The second-order valence-electron chi connectivity index (χ2n) is 6.53. The van der Waals surface area contributed by atoms with Gasteiger partial charge in [-0.1, -0.05) is 28.1 Å². The van der Waals surface area contributed by atoms with Gasteiger partial charge in [0.1, 0.15) is 11.6 Å². The van der Waals surface area contributed by atoms with Crippen molar-refractivity contribution in [2.75, 3.05) is 20.3 Å². The summed E-state index contributed by atoms with van der Waals surface area (Å²) in [6.07, 6.45) is 0.279. The van der Waals surface area contributed by atoms with E-state index in [1.807, 2.05) is 31.2 Å². The van der Waals surface area contributed by atoms with E-state index < -0.39 is 5.54 Å². The monoisotopic (exact) mass is 421 g/mol. The molecule has 26 heavy (non-hydrogen) atoms. The van der Waals surface area contributed by atoms with Crippen LogP contribution in [-0.4, -0.2) is 31.1 Å². The Balaban J connectivity index is 2.01. The van der Waals surface area contributed by atoms with E-state index in [0.29, 0.717) is 18.7 Å². The van der Waals surface area contributed by atoms with Crippen molar-refractivity contribution >= 4 is 21.8 Å². The van der Waals surface area contributed by atoms with E-state index in [1.165, 1.54) is 6.07 Å². The predicted octanol–water partition coefficient (Wildman–Crippen LogP) is 4.26. The number of benzene rings is 2. The van der Waals surface area contributed by atoms with Crippen LogP contribution < -0.4 is 4.74 Å². The highest BCUT2D eigenvalue weighted by Crippen LogP contribution is 2.36. The Labute approximate surface area is 161 Å². The first kappa shape index (κ1) is 18.9. The van der Waals surface area contributed by atoms with Crippen LogP contribution in [0.1, 0.15) is 24.5 Å². The van der Waals surface area contributed by atoms with Crippen LogP contribution in [0.3, 0.4) is 0 Å². The van der Waals surface area contributed by atoms with E-state index in [9.17, 15) is 9.18 Å². The van der Waals surface area contributed by atoms with Crippen molar-refractivity contribution in [3.05, 3.63) is 63.9 Å². The second kappa shape index (κ2) is 7.76. The third-order valence-electron chi connectivity index (χ3n) is 4.75. The largest absolute Gasteiger partial charge is 0.497 e. The molecule has 1 saturated heterocycles. The smallest absolute Gasteiger partial charge is 0.225 e. The molecule has 0 saturated carbocycles. The Morgan fingerprint density at radius 3 is 2.69 bits per heavy atom. The fraction of sp³-hybridized carbons (Fsp3) is 0.350. The summed E-state index contributed by atoms with van der Waals surface area (Å²) in [5.74, 6) is 0.342. The Bertz CT molecular complexity index is 796. The lowest BCUT2D eigenvalue weighted by atomic mass is 9.89. The lowest BCUT2D eigenvalue weighted by molar-refractivity contribution is -0.137. The standard InChI is InChI=1S/C20H21BrFNO3/c1-20(17-11-15(21)5-8-18(17)22)13-26-10-9-19(24)23(20)12-14-3-6-16(25-2)7-4-14/h3-8,11H,9-10,12-13H2,1-2H3/t20-/m0/s1. The number of carbonyl (C=O) groups excluding carboxylic acids is 1. The quantitative estimate of drug-likeness (QED) is 0.739. The molecule has 2 aromatic carbocycles. The highest BCUT2D eigenvalue weighted by Gasteiger charge is 2.41. The third-order valence-corrected chi connectivity index (χ3v) is 5.24. The Hall–Kier alpha value is -1.92. The zero-order valence-electron chi connectivity index (χ0n) is 14.8. The zero-order chi connectivity index (χ0) is 18.7. The molecule has 1 fully saturated rings. The number of methoxy groups -OCH3 is 1. The summed E-state index contributed by atoms with van der Waals surface area (Å²) in [6.45, 7) is 2.80. The van der Waals surface area contributed by atoms with Crippen LogP contribution in [0.2, 0.25) is 0 Å². The van der Waals surface area contributed by atoms with E-state index in [-0.39, 0.29) is 24.8 Å². The van der Waals surface area contributed by atoms with Crippen LogP contribution in [0, 0.1) is 5.82 Å². The van der Waals surface area contributed by atoms with Crippen LogP contribution in [0.25, 0.3) is 0 Å². The van der Waals surface area contributed by atoms with Crippen molar-refractivity contribution in [2.45, 2.75) is 25.4 Å². The summed E-state index contributed by atoms with van der Waals surface area (Å²) in [4.78, 5) is 14.5. The van der Waals surface area contributed by atoms with Gasteiger partial charge in [-0.15, -0.1) is 0 Å². The first-order chi connectivity index (χ1) is 12.4. The van der Waals surface area contributed by atoms with Gasteiger partial charge in [0.05, 0.1) is 32.3 Å². The average Bonchev–Trinajstić information content (AvgIpc) is 2.78. The van der Waals surface area contributed by atoms with Gasteiger partial charge >= 0.3 is 0 Å². The van der Waals surface area contributed by atoms with E-state index >= 15 is 0 Å². The fourth-order valence-electron chi connectivity index (χ4n) is 3.23. The highest BCUT2D eigenvalue weighted by atomic mass is 79.9. The molecule has 0 unspecified atom stereocenters. The molecule has 2 aromatic rings. The van der Waals surface area contributed by atoms with E-state index in [1.54, 1.807) is 24.1 Å². The van der Waals surface area contributed by atoms with Gasteiger partial charge in [0.15, 0.2) is 0 Å². The molecule has 1 atom stereocenters. The van der Waals surface area contributed by atoms with E-state index in [2.05, 4.69) is 15.9 Å². The molecule has 6 heteroatoms. The van der Waals surface area contributed by atoms with Crippen LogP contribution in [0.4, 0.5) is 4.39 Å². The van der Waals surface area contributed by atoms with Gasteiger partial charge in [0.25, 0.3) is 0 Å². The molecule has 0 aliphatic carbocycles. The van der Waals surface area contributed by atoms with Crippen molar-refractivity contribution in [3.8, 4) is 5.75 Å². The van der Waals surface area contributed by atoms with E-state index in [4.69, 9.17) is 9.47 Å². The maximum absolute atomic E-state index is 14.6. The molecule has 0 bridgehead atoms. The molecule has 1 aliphatic rings. The summed E-state index contributed by atoms with van der Waals surface area (Å²) in [7, 11) is 1.61. The molecule has 1 amide bonds. The van der Waals surface area contributed by atoms with Crippen molar-refractivity contribution in [3.63, 3.8) is 0 Å². The van der Waals surface area contributed by atoms with Crippen LogP contribution in [0.15, 0.2) is 46.9 Å². The maximum Gasteiger partial charge on any atom is 0.225 e. The first-order valence-electron chi connectivity index (χ1n) is 8.41. The SMILES string of the molecule is COc1ccc(CN2C(=O)CCOC[C@@]2(C)c2cc(Br)ccc2F)cc1. The molecule has 3 rings (SSSR count). The van der Waals surface area contributed by atoms with Crippen LogP contribution in [-0.2, 0) is 21.6 Å². The lowest BCUT2D eigenvalue weighted by Crippen LogP contribution is -2.49. The summed E-state index contributed by atoms with van der Waals surface area (Å²) >= 11 is 3.40. The molecular formula is C20H21BrFNO3. The number of halogens is 2. The summed E-state index contributed by atoms with van der Waals surface area (Å²) < 4.78 is 26.3. The van der Waals surface area contributed by atoms with Crippen molar-refractivity contribution in [1.29, 1.82) is 0 Å². The van der Waals surface area contributed by atoms with Crippen molar-refractivity contribution in [1.82, 2.24) is 4.90 Å². The number of ether oxygens (including phenoxy) is 2. The molecule has 1 aliphatic heterocycles. The van der Waals surface area contributed by atoms with Crippen molar-refractivity contribution < 1.29 is 18.7 Å². The maximum atomic E-state index is 14.6. The number of nitrogens with zero attached hydrogens (tertiary/aromatic N) is 1. The Kier molecular flexibility index (Phi) is 5.63. The molecule has 4 nitrogen and oxygen atoms in total.